The summed E-state index contributed by atoms with van der Waals surface area (Å²) in [6.07, 6.45) is 3.22. The number of carbonyl (C=O) groups excluding carboxylic acids is 1. The molecule has 0 radical (unpaired) electrons. The van der Waals surface area contributed by atoms with Crippen LogP contribution in [0.15, 0.2) is 36.5 Å². The van der Waals surface area contributed by atoms with Crippen LogP contribution in [0, 0.1) is 0 Å². The highest BCUT2D eigenvalue weighted by atomic mass is 16.5. The lowest BCUT2D eigenvalue weighted by molar-refractivity contribution is -0.129. The average Bonchev–Trinajstić information content (AvgIpc) is 3.20. The zero-order valence-electron chi connectivity index (χ0n) is 16.5. The number of benzene rings is 1. The van der Waals surface area contributed by atoms with Crippen LogP contribution in [0.5, 0.6) is 0 Å². The first kappa shape index (κ1) is 18.5. The molecule has 4 heterocycles. The number of likely N-dealkylation sites (tertiary alicyclic amines) is 1. The van der Waals surface area contributed by atoms with Crippen LogP contribution >= 0.6 is 0 Å². The van der Waals surface area contributed by atoms with E-state index in [1.54, 1.807) is 0 Å². The molecule has 1 spiro atoms. The second-order valence-electron chi connectivity index (χ2n) is 8.14. The molecule has 3 aliphatic heterocycles. The van der Waals surface area contributed by atoms with E-state index in [1.165, 1.54) is 0 Å². The van der Waals surface area contributed by atoms with Crippen molar-refractivity contribution >= 4 is 11.9 Å². The molecule has 2 aromatic rings. The molecule has 1 aromatic heterocycles. The summed E-state index contributed by atoms with van der Waals surface area (Å²) in [5.41, 5.74) is 2.93. The van der Waals surface area contributed by atoms with Gasteiger partial charge in [0.15, 0.2) is 0 Å². The van der Waals surface area contributed by atoms with E-state index in [-0.39, 0.29) is 11.3 Å². The topological polar surface area (TPSA) is 67.8 Å². The second-order valence-corrected chi connectivity index (χ2v) is 8.14. The molecule has 0 saturated carbocycles. The Morgan fingerprint density at radius 2 is 1.93 bits per heavy atom. The lowest BCUT2D eigenvalue weighted by Gasteiger charge is -2.35. The maximum atomic E-state index is 12.9. The summed E-state index contributed by atoms with van der Waals surface area (Å²) in [6.45, 7) is 5.57. The number of carbonyl (C=O) groups is 1. The fraction of sp³-hybridized carbons (Fsp3) is 0.500. The van der Waals surface area contributed by atoms with Crippen molar-refractivity contribution in [2.75, 3.05) is 50.9 Å². The zero-order chi connectivity index (χ0) is 19.7. The lowest BCUT2D eigenvalue weighted by atomic mass is 9.80. The Hall–Kier alpha value is -2.51. The maximum absolute atomic E-state index is 12.9. The molecule has 0 unspecified atom stereocenters. The molecule has 7 heteroatoms. The van der Waals surface area contributed by atoms with Crippen molar-refractivity contribution in [3.63, 3.8) is 0 Å². The molecule has 2 saturated heterocycles. The molecule has 0 N–H and O–H groups in total. The fourth-order valence-corrected chi connectivity index (χ4v) is 4.58. The summed E-state index contributed by atoms with van der Waals surface area (Å²) < 4.78 is 11.4. The third-order valence-electron chi connectivity index (χ3n) is 6.19. The van der Waals surface area contributed by atoms with Gasteiger partial charge in [0.1, 0.15) is 0 Å². The van der Waals surface area contributed by atoms with E-state index in [0.717, 1.165) is 48.8 Å². The SMILES string of the molecule is O=C(Cc1ccccc1)N1CC[C@@]2(COCc3cnc(N4CCOCC4)nc32)C1. The van der Waals surface area contributed by atoms with Crippen molar-refractivity contribution in [3.05, 3.63) is 53.3 Å². The summed E-state index contributed by atoms with van der Waals surface area (Å²) in [4.78, 5) is 26.6. The van der Waals surface area contributed by atoms with Gasteiger partial charge in [-0.25, -0.2) is 9.97 Å². The van der Waals surface area contributed by atoms with Gasteiger partial charge in [0.25, 0.3) is 0 Å². The van der Waals surface area contributed by atoms with Crippen molar-refractivity contribution in [1.82, 2.24) is 14.9 Å². The van der Waals surface area contributed by atoms with Gasteiger partial charge in [0, 0.05) is 37.9 Å². The molecule has 1 aromatic carbocycles. The molecule has 7 nitrogen and oxygen atoms in total. The molecular weight excluding hydrogens is 368 g/mol. The monoisotopic (exact) mass is 394 g/mol. The van der Waals surface area contributed by atoms with Gasteiger partial charge in [0.2, 0.25) is 11.9 Å². The van der Waals surface area contributed by atoms with Crippen molar-refractivity contribution in [1.29, 1.82) is 0 Å². The summed E-state index contributed by atoms with van der Waals surface area (Å²) in [5, 5.41) is 0. The van der Waals surface area contributed by atoms with Crippen LogP contribution in [0.3, 0.4) is 0 Å². The minimum Gasteiger partial charge on any atom is -0.378 e. The normalized spacial score (nSPS) is 24.0. The zero-order valence-corrected chi connectivity index (χ0v) is 16.5. The predicted octanol–water partition coefficient (Wildman–Crippen LogP) is 1.56. The smallest absolute Gasteiger partial charge is 0.227 e. The Morgan fingerprint density at radius 3 is 2.76 bits per heavy atom. The number of anilines is 1. The van der Waals surface area contributed by atoms with Crippen molar-refractivity contribution in [2.24, 2.45) is 0 Å². The number of amides is 1. The van der Waals surface area contributed by atoms with Crippen molar-refractivity contribution in [2.45, 2.75) is 24.9 Å². The van der Waals surface area contributed by atoms with Crippen LogP contribution in [0.1, 0.15) is 23.2 Å². The first-order chi connectivity index (χ1) is 14.2. The third-order valence-corrected chi connectivity index (χ3v) is 6.19. The summed E-state index contributed by atoms with van der Waals surface area (Å²) in [5.74, 6) is 0.935. The van der Waals surface area contributed by atoms with E-state index in [9.17, 15) is 4.79 Å². The number of morpholine rings is 1. The molecule has 0 aliphatic carbocycles. The van der Waals surface area contributed by atoms with Crippen molar-refractivity contribution < 1.29 is 14.3 Å². The average molecular weight is 394 g/mol. The molecule has 0 bridgehead atoms. The number of rotatable bonds is 3. The van der Waals surface area contributed by atoms with Crippen LogP contribution in [0.4, 0.5) is 5.95 Å². The fourth-order valence-electron chi connectivity index (χ4n) is 4.58. The van der Waals surface area contributed by atoms with E-state index in [2.05, 4.69) is 9.88 Å². The quantitative estimate of drug-likeness (QED) is 0.787. The highest BCUT2D eigenvalue weighted by Crippen LogP contribution is 2.39. The van der Waals surface area contributed by atoms with Crippen LogP contribution in [0.25, 0.3) is 0 Å². The van der Waals surface area contributed by atoms with E-state index >= 15 is 0 Å². The number of fused-ring (bicyclic) bond motifs is 2. The summed E-state index contributed by atoms with van der Waals surface area (Å²) in [7, 11) is 0. The molecule has 1 amide bonds. The van der Waals surface area contributed by atoms with Crippen molar-refractivity contribution in [3.8, 4) is 0 Å². The molecular formula is C22H26N4O3. The molecule has 5 rings (SSSR count). The van der Waals surface area contributed by atoms with Crippen LogP contribution in [-0.2, 0) is 32.7 Å². The first-order valence-corrected chi connectivity index (χ1v) is 10.3. The number of hydrogen-bond acceptors (Lipinski definition) is 6. The molecule has 3 aliphatic rings. The van der Waals surface area contributed by atoms with Gasteiger partial charge in [-0.05, 0) is 12.0 Å². The molecule has 1 atom stereocenters. The van der Waals surface area contributed by atoms with Gasteiger partial charge in [-0.2, -0.15) is 0 Å². The van der Waals surface area contributed by atoms with Crippen LogP contribution in [-0.4, -0.2) is 66.8 Å². The van der Waals surface area contributed by atoms with E-state index in [1.807, 2.05) is 41.4 Å². The van der Waals surface area contributed by atoms with Gasteiger partial charge >= 0.3 is 0 Å². The standard InChI is InChI=1S/C22H26N4O3/c27-19(12-17-4-2-1-3-5-17)26-7-6-22(15-26)16-29-14-18-13-23-21(24-20(18)22)25-8-10-28-11-9-25/h1-5,13H,6-12,14-16H2/t22-/m0/s1. The van der Waals surface area contributed by atoms with Crippen LogP contribution in [0.2, 0.25) is 0 Å². The Kier molecular flexibility index (Phi) is 4.93. The lowest BCUT2D eigenvalue weighted by Crippen LogP contribution is -2.43. The van der Waals surface area contributed by atoms with E-state index in [0.29, 0.717) is 39.4 Å². The largest absolute Gasteiger partial charge is 0.378 e. The first-order valence-electron chi connectivity index (χ1n) is 10.3. The third kappa shape index (κ3) is 3.60. The number of ether oxygens (including phenoxy) is 2. The Labute approximate surface area is 170 Å². The predicted molar refractivity (Wildman–Crippen MR) is 108 cm³/mol. The van der Waals surface area contributed by atoms with Gasteiger partial charge in [0.05, 0.1) is 44.0 Å². The molecule has 2 fully saturated rings. The van der Waals surface area contributed by atoms with E-state index in [4.69, 9.17) is 14.5 Å². The van der Waals surface area contributed by atoms with Gasteiger partial charge < -0.3 is 19.3 Å². The molecule has 152 valence electrons. The molecule has 29 heavy (non-hydrogen) atoms. The Morgan fingerprint density at radius 1 is 1.10 bits per heavy atom. The second kappa shape index (κ2) is 7.72. The highest BCUT2D eigenvalue weighted by Gasteiger charge is 2.46. The van der Waals surface area contributed by atoms with Gasteiger partial charge in [-0.3, -0.25) is 4.79 Å². The minimum atomic E-state index is -0.232. The number of nitrogens with zero attached hydrogens (tertiary/aromatic N) is 4. The van der Waals surface area contributed by atoms with Crippen LogP contribution < -0.4 is 4.90 Å². The highest BCUT2D eigenvalue weighted by molar-refractivity contribution is 5.79. The number of hydrogen-bond donors (Lipinski definition) is 0. The number of aromatic nitrogens is 2. The summed E-state index contributed by atoms with van der Waals surface area (Å²) >= 11 is 0. The Bertz CT molecular complexity index is 885. The maximum Gasteiger partial charge on any atom is 0.227 e. The summed E-state index contributed by atoms with van der Waals surface area (Å²) in [6, 6.07) is 9.93. The van der Waals surface area contributed by atoms with E-state index < -0.39 is 0 Å². The van der Waals surface area contributed by atoms with Gasteiger partial charge in [-0.1, -0.05) is 30.3 Å². The van der Waals surface area contributed by atoms with Gasteiger partial charge in [-0.15, -0.1) is 0 Å². The Balaban J connectivity index is 1.37. The minimum absolute atomic E-state index is 0.169.